The molecule has 1 aromatic rings. The fraction of sp³-hybridized carbons (Fsp3) is 0.125. The van der Waals surface area contributed by atoms with Crippen LogP contribution >= 0.6 is 58.0 Å². The molecule has 0 aliphatic heterocycles. The predicted molar refractivity (Wildman–Crippen MR) is 69.8 cm³/mol. The smallest absolute Gasteiger partial charge is 0.317 e. The predicted octanol–water partition coefficient (Wildman–Crippen LogP) is 3.69. The lowest BCUT2D eigenvalue weighted by Crippen LogP contribution is -2.10. The molecule has 4 nitrogen and oxygen atoms in total. The maximum atomic E-state index is 9.24. The molecule has 0 fully saturated rings. The van der Waals surface area contributed by atoms with Crippen molar-refractivity contribution in [2.24, 2.45) is 5.73 Å². The van der Waals surface area contributed by atoms with Crippen molar-refractivity contribution >= 4 is 64.0 Å². The highest BCUT2D eigenvalue weighted by molar-refractivity contribution is 6.55. The SMILES string of the molecule is NCC(=O)O.Oc1c(Cl)c(Cl)c(Cl)c(Cl)c1Cl. The van der Waals surface area contributed by atoms with Crippen LogP contribution in [0.25, 0.3) is 0 Å². The fourth-order valence-electron chi connectivity index (χ4n) is 0.593. The van der Waals surface area contributed by atoms with Gasteiger partial charge in [-0.25, -0.2) is 0 Å². The number of carbonyl (C=O) groups is 1. The van der Waals surface area contributed by atoms with Crippen molar-refractivity contribution in [1.29, 1.82) is 0 Å². The molecular formula is C8H6Cl5NO3. The van der Waals surface area contributed by atoms with Gasteiger partial charge in [-0.2, -0.15) is 0 Å². The van der Waals surface area contributed by atoms with Gasteiger partial charge >= 0.3 is 5.97 Å². The average molecular weight is 341 g/mol. The van der Waals surface area contributed by atoms with Crippen LogP contribution in [0.15, 0.2) is 0 Å². The number of rotatable bonds is 1. The summed E-state index contributed by atoms with van der Waals surface area (Å²) in [5, 5.41) is 16.6. The first-order chi connectivity index (χ1) is 7.73. The maximum Gasteiger partial charge on any atom is 0.317 e. The van der Waals surface area contributed by atoms with E-state index in [0.717, 1.165) is 0 Å². The Labute approximate surface area is 122 Å². The Morgan fingerprint density at radius 1 is 0.941 bits per heavy atom. The van der Waals surface area contributed by atoms with E-state index in [2.05, 4.69) is 5.73 Å². The van der Waals surface area contributed by atoms with Gasteiger partial charge in [0.15, 0.2) is 5.75 Å². The van der Waals surface area contributed by atoms with Crippen LogP contribution < -0.4 is 5.73 Å². The van der Waals surface area contributed by atoms with Crippen molar-refractivity contribution in [1.82, 2.24) is 0 Å². The first kappa shape index (κ1) is 16.9. The highest BCUT2D eigenvalue weighted by atomic mass is 35.5. The highest BCUT2D eigenvalue weighted by Crippen LogP contribution is 2.47. The maximum absolute atomic E-state index is 9.24. The van der Waals surface area contributed by atoms with E-state index in [9.17, 15) is 9.90 Å². The summed E-state index contributed by atoms with van der Waals surface area (Å²) in [7, 11) is 0. The Kier molecular flexibility index (Phi) is 7.32. The molecule has 0 spiro atoms. The lowest BCUT2D eigenvalue weighted by Gasteiger charge is -2.06. The molecule has 17 heavy (non-hydrogen) atoms. The largest absolute Gasteiger partial charge is 0.505 e. The van der Waals surface area contributed by atoms with Crippen molar-refractivity contribution in [3.05, 3.63) is 25.1 Å². The molecule has 4 N–H and O–H groups in total. The number of phenols is 1. The normalized spacial score (nSPS) is 9.53. The molecule has 0 heterocycles. The van der Waals surface area contributed by atoms with Gasteiger partial charge in [0.05, 0.1) is 21.6 Å². The number of hydrogen-bond acceptors (Lipinski definition) is 3. The molecule has 0 aliphatic carbocycles. The van der Waals surface area contributed by atoms with Gasteiger partial charge < -0.3 is 15.9 Å². The zero-order chi connectivity index (χ0) is 13.7. The van der Waals surface area contributed by atoms with E-state index in [0.29, 0.717) is 0 Å². The number of halogens is 5. The van der Waals surface area contributed by atoms with Crippen LogP contribution in [0.4, 0.5) is 0 Å². The van der Waals surface area contributed by atoms with E-state index in [4.69, 9.17) is 63.1 Å². The molecule has 0 saturated carbocycles. The summed E-state index contributed by atoms with van der Waals surface area (Å²) in [6.07, 6.45) is 0. The van der Waals surface area contributed by atoms with Crippen molar-refractivity contribution in [2.75, 3.05) is 6.54 Å². The zero-order valence-corrected chi connectivity index (χ0v) is 11.8. The molecule has 0 saturated heterocycles. The standard InChI is InChI=1S/C6HCl5O.C2H5NO2/c7-1-2(8)4(10)6(12)5(11)3(1)9;3-1-2(4)5/h12H;1,3H2,(H,4,5). The minimum absolute atomic E-state index is 0.00904. The van der Waals surface area contributed by atoms with Gasteiger partial charge in [-0.1, -0.05) is 58.0 Å². The molecule has 0 atom stereocenters. The van der Waals surface area contributed by atoms with Crippen LogP contribution in [0, 0.1) is 0 Å². The third kappa shape index (κ3) is 4.58. The monoisotopic (exact) mass is 339 g/mol. The van der Waals surface area contributed by atoms with Crippen molar-refractivity contribution in [2.45, 2.75) is 0 Å². The molecule has 96 valence electrons. The minimum Gasteiger partial charge on any atom is -0.505 e. The zero-order valence-electron chi connectivity index (χ0n) is 7.98. The summed E-state index contributed by atoms with van der Waals surface area (Å²) in [4.78, 5) is 9.24. The van der Waals surface area contributed by atoms with Gasteiger partial charge in [0.1, 0.15) is 10.0 Å². The number of benzene rings is 1. The molecule has 0 aromatic heterocycles. The highest BCUT2D eigenvalue weighted by Gasteiger charge is 2.18. The average Bonchev–Trinajstić information content (AvgIpc) is 2.32. The first-order valence-electron chi connectivity index (χ1n) is 3.86. The van der Waals surface area contributed by atoms with Crippen molar-refractivity contribution in [3.8, 4) is 5.75 Å². The molecule has 0 radical (unpaired) electrons. The van der Waals surface area contributed by atoms with Gasteiger partial charge in [-0.3, -0.25) is 4.79 Å². The van der Waals surface area contributed by atoms with Crippen LogP contribution in [-0.2, 0) is 4.79 Å². The third-order valence-electron chi connectivity index (χ3n) is 1.36. The number of carboxylic acid groups (broad SMARTS) is 1. The van der Waals surface area contributed by atoms with Gasteiger partial charge in [0.2, 0.25) is 0 Å². The Morgan fingerprint density at radius 2 is 1.18 bits per heavy atom. The molecular weight excluding hydrogens is 335 g/mol. The lowest BCUT2D eigenvalue weighted by molar-refractivity contribution is -0.135. The van der Waals surface area contributed by atoms with Crippen LogP contribution in [-0.4, -0.2) is 22.7 Å². The third-order valence-corrected chi connectivity index (χ3v) is 3.62. The van der Waals surface area contributed by atoms with Crippen LogP contribution in [0.2, 0.25) is 25.1 Å². The lowest BCUT2D eigenvalue weighted by atomic mass is 10.3. The number of phenolic OH excluding ortho intramolecular Hbond substituents is 1. The summed E-state index contributed by atoms with van der Waals surface area (Å²) in [5.74, 6) is -1.33. The Bertz CT molecular complexity index is 333. The molecule has 1 aromatic carbocycles. The van der Waals surface area contributed by atoms with Gasteiger partial charge in [-0.05, 0) is 0 Å². The number of aromatic hydroxyl groups is 1. The summed E-state index contributed by atoms with van der Waals surface area (Å²) in [6, 6.07) is 0. The summed E-state index contributed by atoms with van der Waals surface area (Å²) in [6.45, 7) is -0.278. The van der Waals surface area contributed by atoms with E-state index < -0.39 is 5.97 Å². The van der Waals surface area contributed by atoms with Gasteiger partial charge in [0, 0.05) is 0 Å². The first-order valence-corrected chi connectivity index (χ1v) is 5.75. The molecule has 1 rings (SSSR count). The van der Waals surface area contributed by atoms with Gasteiger partial charge in [0.25, 0.3) is 0 Å². The van der Waals surface area contributed by atoms with Crippen molar-refractivity contribution in [3.63, 3.8) is 0 Å². The quantitative estimate of drug-likeness (QED) is 0.537. The summed E-state index contributed by atoms with van der Waals surface area (Å²) >= 11 is 27.9. The second-order valence-corrected chi connectivity index (χ2v) is 4.41. The minimum atomic E-state index is -0.968. The van der Waals surface area contributed by atoms with E-state index in [-0.39, 0.29) is 37.4 Å². The number of carboxylic acids is 1. The number of nitrogens with two attached hydrogens (primary N) is 1. The molecule has 9 heteroatoms. The Balaban J connectivity index is 0.000000437. The van der Waals surface area contributed by atoms with E-state index in [1.54, 1.807) is 0 Å². The Morgan fingerprint density at radius 3 is 1.41 bits per heavy atom. The molecule has 0 bridgehead atoms. The topological polar surface area (TPSA) is 83.6 Å². The Hall–Kier alpha value is -0.100. The van der Waals surface area contributed by atoms with Crippen molar-refractivity contribution < 1.29 is 15.0 Å². The summed E-state index contributed by atoms with van der Waals surface area (Å²) < 4.78 is 0. The van der Waals surface area contributed by atoms with E-state index >= 15 is 0 Å². The fourth-order valence-corrected chi connectivity index (χ4v) is 1.72. The van der Waals surface area contributed by atoms with E-state index in [1.807, 2.05) is 0 Å². The second-order valence-electron chi connectivity index (χ2n) is 2.52. The second kappa shape index (κ2) is 7.36. The summed E-state index contributed by atoms with van der Waals surface area (Å²) in [5.41, 5.74) is 4.57. The molecule has 0 unspecified atom stereocenters. The van der Waals surface area contributed by atoms with E-state index in [1.165, 1.54) is 0 Å². The molecule has 0 aliphatic rings. The van der Waals surface area contributed by atoms with Crippen LogP contribution in [0.3, 0.4) is 0 Å². The number of aliphatic carboxylic acids is 1. The van der Waals surface area contributed by atoms with Crippen LogP contribution in [0.5, 0.6) is 5.75 Å². The van der Waals surface area contributed by atoms with Crippen LogP contribution in [0.1, 0.15) is 0 Å². The number of hydrogen-bond donors (Lipinski definition) is 3. The molecule has 0 amide bonds. The van der Waals surface area contributed by atoms with Gasteiger partial charge in [-0.15, -0.1) is 0 Å².